The maximum absolute atomic E-state index is 14.1. The van der Waals surface area contributed by atoms with Crippen molar-refractivity contribution in [2.45, 2.75) is 59.2 Å². The predicted molar refractivity (Wildman–Crippen MR) is 178 cm³/mol. The van der Waals surface area contributed by atoms with Gasteiger partial charge in [-0.05, 0) is 61.9 Å². The number of rotatable bonds is 10. The zero-order chi connectivity index (χ0) is 34.7. The average molecular weight is 722 g/mol. The fraction of sp³-hybridized carbons (Fsp3) is 0.531. The van der Waals surface area contributed by atoms with Gasteiger partial charge in [0.1, 0.15) is 16.7 Å². The van der Waals surface area contributed by atoms with Crippen LogP contribution in [0.3, 0.4) is 0 Å². The molecule has 258 valence electrons. The van der Waals surface area contributed by atoms with Gasteiger partial charge in [0.05, 0.1) is 33.3 Å². The second-order valence-corrected chi connectivity index (χ2v) is 15.5. The van der Waals surface area contributed by atoms with E-state index in [9.17, 15) is 23.3 Å². The minimum absolute atomic E-state index is 0.0242. The van der Waals surface area contributed by atoms with E-state index >= 15 is 0 Å². The summed E-state index contributed by atoms with van der Waals surface area (Å²) >= 11 is 12.6. The van der Waals surface area contributed by atoms with Crippen LogP contribution in [0.15, 0.2) is 41.4 Å². The highest BCUT2D eigenvalue weighted by atomic mass is 35.5. The summed E-state index contributed by atoms with van der Waals surface area (Å²) in [7, 11) is -2.35. The lowest BCUT2D eigenvalue weighted by Gasteiger charge is -2.36. The van der Waals surface area contributed by atoms with Gasteiger partial charge in [-0.25, -0.2) is 13.4 Å². The number of nitrogens with zero attached hydrogens (tertiary/aromatic N) is 5. The van der Waals surface area contributed by atoms with Gasteiger partial charge in [0, 0.05) is 58.3 Å². The van der Waals surface area contributed by atoms with Gasteiger partial charge >= 0.3 is 0 Å². The number of aromatic nitrogens is 1. The third-order valence-corrected chi connectivity index (χ3v) is 12.4. The molecule has 13 nitrogen and oxygen atoms in total. The van der Waals surface area contributed by atoms with Gasteiger partial charge in [0.2, 0.25) is 11.8 Å². The third kappa shape index (κ3) is 7.40. The monoisotopic (exact) mass is 720 g/mol. The van der Waals surface area contributed by atoms with Gasteiger partial charge in [0.15, 0.2) is 9.84 Å². The summed E-state index contributed by atoms with van der Waals surface area (Å²) in [5, 5.41) is 18.6. The van der Waals surface area contributed by atoms with Crippen molar-refractivity contribution in [2.24, 2.45) is 0 Å². The van der Waals surface area contributed by atoms with E-state index in [1.54, 1.807) is 37.6 Å². The fourth-order valence-corrected chi connectivity index (χ4v) is 8.79. The van der Waals surface area contributed by atoms with Gasteiger partial charge in [-0.15, -0.1) is 0 Å². The molecule has 6 rings (SSSR count). The van der Waals surface area contributed by atoms with Crippen LogP contribution < -0.4 is 10.2 Å². The Balaban J connectivity index is 0.00000145. The summed E-state index contributed by atoms with van der Waals surface area (Å²) in [6.07, 6.45) is 3.59. The number of anilines is 1. The van der Waals surface area contributed by atoms with Crippen LogP contribution in [0.1, 0.15) is 37.7 Å². The zero-order valence-electron chi connectivity index (χ0n) is 26.5. The molecule has 1 unspecified atom stereocenters. The highest BCUT2D eigenvalue weighted by Gasteiger charge is 2.58. The Kier molecular flexibility index (Phi) is 10.9. The van der Waals surface area contributed by atoms with Gasteiger partial charge < -0.3 is 25.0 Å². The SMILES string of the molecule is COCCN1CCN(c2ccc(S(=O)(=O)C3C[C@@H](C(=O)NC4(C#N)CC4)N(C(=O)C4(c5ccc(Cl)nc5)CC4)C3)c(Cl)c2)CC1.O=CO. The maximum Gasteiger partial charge on any atom is 0.290 e. The number of amides is 2. The number of halogens is 2. The standard InChI is InChI=1S/C31H36Cl2N6O5S.CH2O2/c1-44-15-14-37-10-12-38(13-11-37)22-3-4-26(24(32)16-22)45(42,43)23-17-25(28(40)36-30(20-34)6-7-30)39(19-23)29(41)31(8-9-31)21-2-5-27(33)35-18-21;2-1-3/h2-5,16,18,23,25H,6-15,17,19H2,1H3,(H,36,40);1H,(H,2,3)/t23?,25-;/m0./s1. The normalized spacial score (nSPS) is 22.5. The van der Waals surface area contributed by atoms with Crippen LogP contribution in [0.4, 0.5) is 5.69 Å². The predicted octanol–water partition coefficient (Wildman–Crippen LogP) is 2.50. The molecule has 3 heterocycles. The number of sulfone groups is 1. The molecule has 2 saturated carbocycles. The van der Waals surface area contributed by atoms with Crippen molar-refractivity contribution in [1.82, 2.24) is 20.1 Å². The number of likely N-dealkylation sites (tertiary alicyclic amines) is 1. The first-order valence-corrected chi connectivity index (χ1v) is 18.0. The number of ether oxygens (including phenoxy) is 1. The lowest BCUT2D eigenvalue weighted by atomic mass is 9.95. The first-order valence-electron chi connectivity index (χ1n) is 15.7. The Morgan fingerprint density at radius 1 is 1.15 bits per heavy atom. The summed E-state index contributed by atoms with van der Waals surface area (Å²) in [5.74, 6) is -0.839. The maximum atomic E-state index is 14.1. The molecule has 16 heteroatoms. The molecule has 48 heavy (non-hydrogen) atoms. The number of benzene rings is 1. The van der Waals surface area contributed by atoms with E-state index in [1.165, 1.54) is 11.0 Å². The highest BCUT2D eigenvalue weighted by molar-refractivity contribution is 7.92. The van der Waals surface area contributed by atoms with Gasteiger partial charge in [0.25, 0.3) is 6.47 Å². The molecule has 0 radical (unpaired) electrons. The van der Waals surface area contributed by atoms with E-state index in [2.05, 4.69) is 26.2 Å². The van der Waals surface area contributed by atoms with Crippen LogP contribution in [0, 0.1) is 11.3 Å². The summed E-state index contributed by atoms with van der Waals surface area (Å²) in [6.45, 7) is 4.38. The molecule has 1 aromatic heterocycles. The van der Waals surface area contributed by atoms with E-state index < -0.39 is 38.0 Å². The molecule has 1 aromatic carbocycles. The van der Waals surface area contributed by atoms with Gasteiger partial charge in [-0.3, -0.25) is 19.3 Å². The second-order valence-electron chi connectivity index (χ2n) is 12.6. The molecule has 2 aliphatic heterocycles. The summed E-state index contributed by atoms with van der Waals surface area (Å²) in [5.41, 5.74) is -0.344. The molecule has 0 bridgehead atoms. The first-order chi connectivity index (χ1) is 22.9. The highest BCUT2D eigenvalue weighted by Crippen LogP contribution is 2.51. The van der Waals surface area contributed by atoms with Crippen LogP contribution in [0.5, 0.6) is 0 Å². The van der Waals surface area contributed by atoms with E-state index in [0.29, 0.717) is 43.0 Å². The Morgan fingerprint density at radius 3 is 2.38 bits per heavy atom. The van der Waals surface area contributed by atoms with Crippen molar-refractivity contribution >= 4 is 57.0 Å². The van der Waals surface area contributed by atoms with Crippen molar-refractivity contribution in [3.05, 3.63) is 52.3 Å². The number of hydrogen-bond acceptors (Lipinski definition) is 10. The molecule has 2 N–H and O–H groups in total. The number of nitriles is 1. The van der Waals surface area contributed by atoms with E-state index in [0.717, 1.165) is 38.4 Å². The summed E-state index contributed by atoms with van der Waals surface area (Å²) in [6, 6.07) is 9.42. The topological polar surface area (TPSA) is 173 Å². The smallest absolute Gasteiger partial charge is 0.290 e. The summed E-state index contributed by atoms with van der Waals surface area (Å²) in [4.78, 5) is 46.0. The molecule has 0 spiro atoms. The molecular formula is C32H38Cl2N6O7S. The number of pyridine rings is 1. The average Bonchev–Trinajstić information content (AvgIpc) is 4.00. The van der Waals surface area contributed by atoms with Crippen LogP contribution in [-0.4, -0.2) is 116 Å². The van der Waals surface area contributed by atoms with Crippen molar-refractivity contribution in [1.29, 1.82) is 5.26 Å². The Bertz CT molecular complexity index is 1670. The molecule has 2 aliphatic carbocycles. The summed E-state index contributed by atoms with van der Waals surface area (Å²) < 4.78 is 33.3. The third-order valence-electron chi connectivity index (χ3n) is 9.60. The zero-order valence-corrected chi connectivity index (χ0v) is 28.8. The number of nitrogens with one attached hydrogen (secondary N) is 1. The molecule has 4 fully saturated rings. The molecule has 2 aromatic rings. The Hall–Kier alpha value is -3.48. The van der Waals surface area contributed by atoms with Crippen LogP contribution in [0.2, 0.25) is 10.2 Å². The van der Waals surface area contributed by atoms with Crippen molar-refractivity contribution in [3.8, 4) is 6.07 Å². The van der Waals surface area contributed by atoms with E-state index in [4.69, 9.17) is 37.8 Å². The second kappa shape index (κ2) is 14.6. The van der Waals surface area contributed by atoms with Gasteiger partial charge in [-0.1, -0.05) is 29.3 Å². The first kappa shape index (κ1) is 35.8. The molecule has 2 amide bonds. The fourth-order valence-electron chi connectivity index (χ4n) is 6.44. The van der Waals surface area contributed by atoms with Crippen LogP contribution in [0.25, 0.3) is 0 Å². The largest absolute Gasteiger partial charge is 0.483 e. The van der Waals surface area contributed by atoms with E-state index in [-0.39, 0.29) is 35.3 Å². The van der Waals surface area contributed by atoms with Crippen LogP contribution >= 0.6 is 23.2 Å². The van der Waals surface area contributed by atoms with Crippen molar-refractivity contribution in [3.63, 3.8) is 0 Å². The number of carbonyl (C=O) groups is 3. The number of hydrogen-bond donors (Lipinski definition) is 2. The number of methoxy groups -OCH3 is 1. The quantitative estimate of drug-likeness (QED) is 0.273. The lowest BCUT2D eigenvalue weighted by molar-refractivity contribution is -0.140. The minimum atomic E-state index is -4.04. The Labute approximate surface area is 289 Å². The minimum Gasteiger partial charge on any atom is -0.483 e. The molecule has 2 atom stereocenters. The molecular weight excluding hydrogens is 683 g/mol. The van der Waals surface area contributed by atoms with Crippen molar-refractivity contribution in [2.75, 3.05) is 57.9 Å². The van der Waals surface area contributed by atoms with Crippen molar-refractivity contribution < 1.29 is 32.6 Å². The number of carboxylic acid groups (broad SMARTS) is 1. The van der Waals surface area contributed by atoms with E-state index in [1.807, 2.05) is 0 Å². The Morgan fingerprint density at radius 2 is 1.83 bits per heavy atom. The molecule has 4 aliphatic rings. The number of carbonyl (C=O) groups excluding carboxylic acids is 2. The number of piperazine rings is 1. The van der Waals surface area contributed by atoms with Crippen LogP contribution in [-0.2, 0) is 34.4 Å². The van der Waals surface area contributed by atoms with Gasteiger partial charge in [-0.2, -0.15) is 5.26 Å². The molecule has 2 saturated heterocycles. The lowest BCUT2D eigenvalue weighted by Crippen LogP contribution is -2.51.